The third-order valence-electron chi connectivity index (χ3n) is 8.73. The van der Waals surface area contributed by atoms with Crippen molar-refractivity contribution in [3.05, 3.63) is 92.7 Å². The largest absolute Gasteiger partial charge is 1.00 e. The summed E-state index contributed by atoms with van der Waals surface area (Å²) in [7, 11) is -17.4. The standard InChI is InChI=1S/C34H28N6O16S4.K.H3N.Na/c1-55-25-9-15(3-5-23(25)37-39-31-27(59(49,50)51)11-17-7-19(57(43,44)45)13-21(35)29(17)33(31)41)16-4-6-24(26(10-16)56-2)38-40-32-28(60(52,53)54)12-18-8-20(58(46,47)48)14-22(36)30(18)34(32)42;;;/h3-14,37-38H,35-36H2,1-2H3,(H,43,44,45)(H,46,47,48)(H,49,50,51)(H,52,53,54);;1H3;/q;+1;;+1/p+1/b39-31+,40-32+;;;. The van der Waals surface area contributed by atoms with Crippen LogP contribution in [0.4, 0.5) is 22.7 Å². The third-order valence-corrected chi connectivity index (χ3v) is 12.1. The van der Waals surface area contributed by atoms with Crippen molar-refractivity contribution in [2.24, 2.45) is 10.2 Å². The fraction of sp³-hybridized carbons (Fsp3) is 0.0588. The number of fused-ring (bicyclic) bond motifs is 2. The Labute approximate surface area is 423 Å². The molecule has 2 aliphatic carbocycles. The Morgan fingerprint density at radius 2 is 0.889 bits per heavy atom. The molecule has 0 saturated heterocycles. The number of carbonyl (C=O) groups excluding carboxylic acids is 2. The van der Waals surface area contributed by atoms with Crippen LogP contribution in [0.3, 0.4) is 0 Å². The average Bonchev–Trinajstić information content (AvgIpc) is 3.14. The first-order valence-electron chi connectivity index (χ1n) is 16.2. The second-order valence-corrected chi connectivity index (χ2v) is 18.1. The zero-order valence-corrected chi connectivity index (χ0v) is 41.7. The van der Waals surface area contributed by atoms with E-state index in [0.717, 1.165) is 36.4 Å². The first-order chi connectivity index (χ1) is 27.8. The zero-order chi connectivity index (χ0) is 44.3. The molecule has 0 amide bonds. The monoisotopic (exact) mass is 984 g/mol. The zero-order valence-electron chi connectivity index (χ0n) is 33.3. The summed E-state index contributed by atoms with van der Waals surface area (Å²) in [6.07, 6.45) is 1.51. The number of rotatable bonds is 11. The first kappa shape index (κ1) is 53.4. The van der Waals surface area contributed by atoms with Gasteiger partial charge in [0.25, 0.3) is 40.5 Å². The van der Waals surface area contributed by atoms with E-state index >= 15 is 0 Å². The van der Waals surface area contributed by atoms with Gasteiger partial charge in [-0.1, -0.05) is 12.1 Å². The van der Waals surface area contributed by atoms with Crippen LogP contribution in [0.5, 0.6) is 11.5 Å². The molecule has 0 fully saturated rings. The topological polar surface area (TPSA) is 407 Å². The molecule has 0 aromatic heterocycles. The number of nitrogens with zero attached hydrogens (tertiary/aromatic N) is 2. The quantitative estimate of drug-likeness (QED) is 0.0317. The van der Waals surface area contributed by atoms with Gasteiger partial charge in [0.05, 0.1) is 46.5 Å². The van der Waals surface area contributed by atoms with E-state index < -0.39 is 94.4 Å². The summed E-state index contributed by atoms with van der Waals surface area (Å²) < 4.78 is 146. The van der Waals surface area contributed by atoms with E-state index in [9.17, 15) is 61.5 Å². The molecule has 63 heavy (non-hydrogen) atoms. The second kappa shape index (κ2) is 19.7. The number of nitrogens with one attached hydrogen (secondary N) is 2. The number of ketones is 2. The van der Waals surface area contributed by atoms with Gasteiger partial charge in [0.1, 0.15) is 21.3 Å². The smallest absolute Gasteiger partial charge is 0.494 e. The average molecular weight is 985 g/mol. The van der Waals surface area contributed by atoms with E-state index in [0.29, 0.717) is 11.1 Å². The Bertz CT molecular complexity index is 2980. The number of nitrogens with two attached hydrogens (primary N) is 2. The van der Waals surface area contributed by atoms with Crippen LogP contribution in [0.2, 0.25) is 0 Å². The van der Waals surface area contributed by atoms with Gasteiger partial charge >= 0.3 is 80.9 Å². The van der Waals surface area contributed by atoms with Crippen LogP contribution >= 0.6 is 0 Å². The number of anilines is 4. The molecule has 4 aromatic rings. The van der Waals surface area contributed by atoms with Crippen molar-refractivity contribution in [3.63, 3.8) is 0 Å². The van der Waals surface area contributed by atoms with Gasteiger partial charge in [-0.25, -0.2) is 0 Å². The molecule has 0 unspecified atom stereocenters. The van der Waals surface area contributed by atoms with Crippen LogP contribution in [0.1, 0.15) is 31.8 Å². The summed E-state index contributed by atoms with van der Waals surface area (Å²) in [6.45, 7) is 0. The van der Waals surface area contributed by atoms with Gasteiger partial charge in [0.2, 0.25) is 11.6 Å². The number of nitrogen functional groups attached to an aromatic ring is 2. The molecular formula is C34H32KN7NaO16S4+3. The van der Waals surface area contributed by atoms with Crippen molar-refractivity contribution in [1.82, 2.24) is 6.15 Å². The number of hydrogen-bond acceptors (Lipinski definition) is 18. The van der Waals surface area contributed by atoms with E-state index in [1.54, 1.807) is 12.1 Å². The number of ether oxygens (including phenoxy) is 2. The number of allylic oxidation sites excluding steroid dienone is 2. The van der Waals surface area contributed by atoms with Crippen molar-refractivity contribution in [1.29, 1.82) is 0 Å². The number of hydrazone groups is 2. The number of carbonyl (C=O) groups is 2. The number of benzene rings is 4. The molecule has 0 atom stereocenters. The summed E-state index contributed by atoms with van der Waals surface area (Å²) in [4.78, 5) is 23.4. The van der Waals surface area contributed by atoms with Gasteiger partial charge in [-0.15, -0.1) is 0 Å². The minimum absolute atomic E-state index is 0. The Morgan fingerprint density at radius 3 is 1.17 bits per heavy atom. The van der Waals surface area contributed by atoms with Crippen molar-refractivity contribution in [2.75, 3.05) is 36.5 Å². The van der Waals surface area contributed by atoms with Crippen LogP contribution < -0.4 is 119 Å². The Balaban J connectivity index is 0.00000352. The minimum Gasteiger partial charge on any atom is -0.494 e. The minimum atomic E-state index is -5.15. The third kappa shape index (κ3) is 11.1. The van der Waals surface area contributed by atoms with Crippen LogP contribution in [0, 0.1) is 0 Å². The maximum absolute atomic E-state index is 13.5. The molecular weight excluding hydrogens is 953 g/mol. The van der Waals surface area contributed by atoms with E-state index in [4.69, 9.17) is 20.9 Å². The van der Waals surface area contributed by atoms with E-state index in [1.807, 2.05) is 0 Å². The summed E-state index contributed by atoms with van der Waals surface area (Å²) in [5.41, 5.74) is 14.0. The van der Waals surface area contributed by atoms with Crippen LogP contribution in [-0.4, -0.2) is 89.1 Å². The molecule has 0 bridgehead atoms. The van der Waals surface area contributed by atoms with Gasteiger partial charge in [0, 0.05) is 11.4 Å². The molecule has 2 aliphatic rings. The predicted octanol–water partition coefficient (Wildman–Crippen LogP) is -2.80. The van der Waals surface area contributed by atoms with Crippen LogP contribution in [-0.2, 0) is 40.5 Å². The molecule has 6 rings (SSSR count). The van der Waals surface area contributed by atoms with Gasteiger partial charge < -0.3 is 27.1 Å². The maximum atomic E-state index is 13.5. The molecule has 0 saturated carbocycles. The molecule has 322 valence electrons. The Hall–Kier alpha value is -3.92. The van der Waals surface area contributed by atoms with Crippen LogP contribution in [0.15, 0.2) is 90.5 Å². The molecule has 0 radical (unpaired) electrons. The molecule has 14 N–H and O–H groups in total. The van der Waals surface area contributed by atoms with Crippen molar-refractivity contribution in [2.45, 2.75) is 9.79 Å². The second-order valence-electron chi connectivity index (χ2n) is 12.5. The Morgan fingerprint density at radius 1 is 0.556 bits per heavy atom. The molecule has 29 heteroatoms. The summed E-state index contributed by atoms with van der Waals surface area (Å²) >= 11 is 0. The predicted molar refractivity (Wildman–Crippen MR) is 222 cm³/mol. The maximum Gasteiger partial charge on any atom is 1.00 e. The number of quaternary nitrogens is 1. The fourth-order valence-corrected chi connectivity index (χ4v) is 8.43. The summed E-state index contributed by atoms with van der Waals surface area (Å²) in [6, 6.07) is 12.1. The van der Waals surface area contributed by atoms with E-state index in [1.165, 1.54) is 38.5 Å². The summed E-state index contributed by atoms with van der Waals surface area (Å²) in [5, 5.41) is 7.81. The van der Waals surface area contributed by atoms with Gasteiger partial charge in [-0.2, -0.15) is 43.9 Å². The summed E-state index contributed by atoms with van der Waals surface area (Å²) in [5.74, 6) is -2.05. The Kier molecular flexibility index (Phi) is 16.7. The molecule has 0 heterocycles. The van der Waals surface area contributed by atoms with Gasteiger partial charge in [-0.3, -0.25) is 38.7 Å². The van der Waals surface area contributed by atoms with Gasteiger partial charge in [-0.05, 0) is 82.9 Å². The normalized spacial score (nSPS) is 15.1. The van der Waals surface area contributed by atoms with Crippen molar-refractivity contribution < 1.29 is 152 Å². The van der Waals surface area contributed by atoms with Crippen molar-refractivity contribution in [3.8, 4) is 22.6 Å². The number of methoxy groups -OCH3 is 2. The van der Waals surface area contributed by atoms with E-state index in [-0.39, 0.29) is 132 Å². The van der Waals surface area contributed by atoms with Crippen LogP contribution in [0.25, 0.3) is 23.3 Å². The molecule has 23 nitrogen and oxygen atoms in total. The van der Waals surface area contributed by atoms with E-state index in [2.05, 4.69) is 21.1 Å². The molecule has 0 spiro atoms. The van der Waals surface area contributed by atoms with Crippen molar-refractivity contribution >= 4 is 98.4 Å². The molecule has 4 aromatic carbocycles. The first-order valence-corrected chi connectivity index (χ1v) is 21.9. The number of Topliss-reactive ketones (excluding diaryl/α,β-unsaturated/α-hetero) is 2. The SMILES string of the molecule is COc1cc(-c2ccc(N/N=C3/C(=O)c4c(N)cc(S(=O)(=O)O)cc4C=C3S(=O)(=O)O)c(OC)c2)ccc1N/N=C1/C(=O)c2c(N)cc(S(=O)(=O)O)cc2C=C1S(=O)(=O)O.[K+].[NH4+].[Na+]. The van der Waals surface area contributed by atoms with Gasteiger partial charge in [0.15, 0.2) is 11.4 Å². The molecule has 0 aliphatic heterocycles. The number of hydrogen-bond donors (Lipinski definition) is 9. The fourth-order valence-electron chi connectivity index (χ4n) is 6.01.